The number of halogens is 1. The van der Waals surface area contributed by atoms with E-state index >= 15 is 0 Å². The van der Waals surface area contributed by atoms with Gasteiger partial charge in [0.05, 0.1) is 10.7 Å². The highest BCUT2D eigenvalue weighted by atomic mass is 32.1. The largest absolute Gasteiger partial charge is 0.418 e. The zero-order valence-corrected chi connectivity index (χ0v) is 14.9. The highest BCUT2D eigenvalue weighted by Gasteiger charge is 2.26. The Bertz CT molecular complexity index is 821. The van der Waals surface area contributed by atoms with Crippen molar-refractivity contribution in [3.05, 3.63) is 58.1 Å². The number of hydrogen-bond acceptors (Lipinski definition) is 2. The van der Waals surface area contributed by atoms with Crippen LogP contribution in [-0.2, 0) is 0 Å². The Morgan fingerprint density at radius 3 is 2.71 bits per heavy atom. The molecule has 126 valence electrons. The molecule has 2 nitrogen and oxygen atoms in total. The molecule has 1 heterocycles. The molecular formula is C20H22FNOS. The fraction of sp³-hybridized carbons (Fsp3) is 0.350. The molecule has 1 saturated carbocycles. The lowest BCUT2D eigenvalue weighted by molar-refractivity contribution is 0.165. The Morgan fingerprint density at radius 1 is 1.29 bits per heavy atom. The van der Waals surface area contributed by atoms with Gasteiger partial charge < -0.3 is 4.84 Å². The van der Waals surface area contributed by atoms with E-state index in [2.05, 4.69) is 0 Å². The smallest absolute Gasteiger partial charge is 0.104 e. The molecule has 0 spiro atoms. The van der Waals surface area contributed by atoms with E-state index in [1.165, 1.54) is 12.8 Å². The van der Waals surface area contributed by atoms with Gasteiger partial charge in [0.25, 0.3) is 0 Å². The maximum absolute atomic E-state index is 14.1. The molecule has 0 N–H and O–H groups in total. The predicted octanol–water partition coefficient (Wildman–Crippen LogP) is 5.93. The molecule has 0 unspecified atom stereocenters. The summed E-state index contributed by atoms with van der Waals surface area (Å²) in [5.74, 6) is 0.423. The van der Waals surface area contributed by atoms with Crippen molar-refractivity contribution in [3.8, 4) is 11.1 Å². The SMILES string of the molecule is CCCC(F)=Cc1ccccc1-c1cn(OC)cc(C2CC2)c1=S. The van der Waals surface area contributed by atoms with E-state index in [9.17, 15) is 4.39 Å². The summed E-state index contributed by atoms with van der Waals surface area (Å²) in [6.45, 7) is 1.97. The molecule has 4 heteroatoms. The molecule has 1 aromatic heterocycles. The quantitative estimate of drug-likeness (QED) is 0.603. The Kier molecular flexibility index (Phi) is 5.14. The predicted molar refractivity (Wildman–Crippen MR) is 99.2 cm³/mol. The van der Waals surface area contributed by atoms with Crippen molar-refractivity contribution < 1.29 is 9.23 Å². The summed E-state index contributed by atoms with van der Waals surface area (Å²) in [6, 6.07) is 7.81. The van der Waals surface area contributed by atoms with Crippen molar-refractivity contribution in [2.75, 3.05) is 7.11 Å². The van der Waals surface area contributed by atoms with Gasteiger partial charge in [-0.2, -0.15) is 4.73 Å². The first-order chi connectivity index (χ1) is 11.6. The zero-order chi connectivity index (χ0) is 17.1. The standard InChI is InChI=1S/C20H22FNOS/c1-3-6-16(21)11-15-7-4-5-8-17(15)19-13-22(23-2)12-18(20(19)24)14-9-10-14/h4-5,7-8,11-14H,3,6,9-10H2,1-2H3. The Hall–Kier alpha value is -1.94. The number of pyridine rings is 1. The van der Waals surface area contributed by atoms with Gasteiger partial charge in [0, 0.05) is 11.8 Å². The molecule has 1 aliphatic rings. The van der Waals surface area contributed by atoms with Crippen LogP contribution in [-0.4, -0.2) is 11.8 Å². The third-order valence-electron chi connectivity index (χ3n) is 4.31. The van der Waals surface area contributed by atoms with Crippen LogP contribution >= 0.6 is 12.2 Å². The lowest BCUT2D eigenvalue weighted by Gasteiger charge is -2.14. The number of benzene rings is 1. The van der Waals surface area contributed by atoms with Gasteiger partial charge in [-0.1, -0.05) is 43.4 Å². The first kappa shape index (κ1) is 16.9. The maximum Gasteiger partial charge on any atom is 0.104 e. The molecule has 0 amide bonds. The number of nitrogens with zero attached hydrogens (tertiary/aromatic N) is 1. The first-order valence-corrected chi connectivity index (χ1v) is 8.81. The Balaban J connectivity index is 2.14. The van der Waals surface area contributed by atoms with Crippen LogP contribution in [0, 0.1) is 4.51 Å². The van der Waals surface area contributed by atoms with E-state index < -0.39 is 0 Å². The highest BCUT2D eigenvalue weighted by Crippen LogP contribution is 2.42. The summed E-state index contributed by atoms with van der Waals surface area (Å²) in [7, 11) is 1.64. The summed E-state index contributed by atoms with van der Waals surface area (Å²) in [5.41, 5.74) is 3.87. The van der Waals surface area contributed by atoms with Crippen LogP contribution in [0.3, 0.4) is 0 Å². The summed E-state index contributed by atoms with van der Waals surface area (Å²) >= 11 is 5.74. The molecule has 0 bridgehead atoms. The van der Waals surface area contributed by atoms with Gasteiger partial charge in [0.15, 0.2) is 0 Å². The molecule has 0 saturated heterocycles. The molecule has 0 atom stereocenters. The lowest BCUT2D eigenvalue weighted by atomic mass is 9.98. The average Bonchev–Trinajstić information content (AvgIpc) is 3.41. The van der Waals surface area contributed by atoms with E-state index in [0.29, 0.717) is 12.3 Å². The molecule has 2 aromatic rings. The van der Waals surface area contributed by atoms with Crippen LogP contribution in [0.25, 0.3) is 17.2 Å². The monoisotopic (exact) mass is 343 g/mol. The van der Waals surface area contributed by atoms with Crippen molar-refractivity contribution in [1.29, 1.82) is 0 Å². The normalized spacial score (nSPS) is 14.7. The average molecular weight is 343 g/mol. The van der Waals surface area contributed by atoms with Crippen LogP contribution in [0.4, 0.5) is 4.39 Å². The summed E-state index contributed by atoms with van der Waals surface area (Å²) < 4.78 is 16.6. The van der Waals surface area contributed by atoms with Gasteiger partial charge in [-0.3, -0.25) is 0 Å². The van der Waals surface area contributed by atoms with Gasteiger partial charge in [-0.15, -0.1) is 0 Å². The maximum atomic E-state index is 14.1. The van der Waals surface area contributed by atoms with Gasteiger partial charge in [-0.05, 0) is 54.4 Å². The minimum Gasteiger partial charge on any atom is -0.418 e. The van der Waals surface area contributed by atoms with E-state index in [1.807, 2.05) is 43.6 Å². The topological polar surface area (TPSA) is 14.2 Å². The molecule has 0 radical (unpaired) electrons. The minimum absolute atomic E-state index is 0.103. The van der Waals surface area contributed by atoms with Gasteiger partial charge in [0.2, 0.25) is 0 Å². The summed E-state index contributed by atoms with van der Waals surface area (Å²) in [6.07, 6.45) is 9.06. The molecule has 1 fully saturated rings. The van der Waals surface area contributed by atoms with Crippen molar-refractivity contribution in [2.24, 2.45) is 0 Å². The third kappa shape index (κ3) is 3.59. The van der Waals surface area contributed by atoms with Crippen LogP contribution in [0.1, 0.15) is 49.7 Å². The number of rotatable bonds is 6. The van der Waals surface area contributed by atoms with Crippen molar-refractivity contribution in [2.45, 2.75) is 38.5 Å². The van der Waals surface area contributed by atoms with Crippen LogP contribution in [0.15, 0.2) is 42.5 Å². The fourth-order valence-corrected chi connectivity index (χ4v) is 3.29. The molecule has 1 aliphatic carbocycles. The van der Waals surface area contributed by atoms with Gasteiger partial charge in [-0.25, -0.2) is 4.39 Å². The second-order valence-electron chi connectivity index (χ2n) is 6.20. The second kappa shape index (κ2) is 7.31. The molecule has 0 aliphatic heterocycles. The van der Waals surface area contributed by atoms with Gasteiger partial charge in [0.1, 0.15) is 12.9 Å². The second-order valence-corrected chi connectivity index (χ2v) is 6.61. The van der Waals surface area contributed by atoms with E-state index in [1.54, 1.807) is 17.9 Å². The van der Waals surface area contributed by atoms with Crippen LogP contribution in [0.2, 0.25) is 0 Å². The summed E-state index contributed by atoms with van der Waals surface area (Å²) in [4.78, 5) is 5.39. The number of allylic oxidation sites excluding steroid dienone is 1. The molecule has 3 rings (SSSR count). The molecule has 1 aromatic carbocycles. The first-order valence-electron chi connectivity index (χ1n) is 8.40. The van der Waals surface area contributed by atoms with E-state index in [4.69, 9.17) is 17.1 Å². The molecular weight excluding hydrogens is 321 g/mol. The van der Waals surface area contributed by atoms with E-state index in [0.717, 1.165) is 33.2 Å². The molecule has 24 heavy (non-hydrogen) atoms. The third-order valence-corrected chi connectivity index (χ3v) is 4.76. The fourth-order valence-electron chi connectivity index (χ4n) is 2.90. The minimum atomic E-state index is -0.103. The zero-order valence-electron chi connectivity index (χ0n) is 14.1. The van der Waals surface area contributed by atoms with Crippen molar-refractivity contribution in [3.63, 3.8) is 0 Å². The Labute approximate surface area is 147 Å². The lowest BCUT2D eigenvalue weighted by Crippen LogP contribution is -2.08. The van der Waals surface area contributed by atoms with E-state index in [-0.39, 0.29) is 5.83 Å². The van der Waals surface area contributed by atoms with Crippen LogP contribution < -0.4 is 4.84 Å². The number of aromatic nitrogens is 1. The summed E-state index contributed by atoms with van der Waals surface area (Å²) in [5, 5.41) is 0. The van der Waals surface area contributed by atoms with Crippen molar-refractivity contribution in [1.82, 2.24) is 4.73 Å². The number of hydrogen-bond donors (Lipinski definition) is 0. The van der Waals surface area contributed by atoms with Crippen molar-refractivity contribution >= 4 is 18.3 Å². The highest BCUT2D eigenvalue weighted by molar-refractivity contribution is 7.71. The Morgan fingerprint density at radius 2 is 2.04 bits per heavy atom. The van der Waals surface area contributed by atoms with Crippen LogP contribution in [0.5, 0.6) is 0 Å². The van der Waals surface area contributed by atoms with Gasteiger partial charge >= 0.3 is 0 Å².